The summed E-state index contributed by atoms with van der Waals surface area (Å²) in [7, 11) is 2.00. The van der Waals surface area contributed by atoms with Crippen LogP contribution in [0.1, 0.15) is 37.4 Å². The van der Waals surface area contributed by atoms with Gasteiger partial charge in [0.25, 0.3) is 0 Å². The summed E-state index contributed by atoms with van der Waals surface area (Å²) >= 11 is 0. The zero-order valence-corrected chi connectivity index (χ0v) is 12.5. The average molecular weight is 285 g/mol. The van der Waals surface area contributed by atoms with E-state index in [2.05, 4.69) is 23.5 Å². The molecule has 2 aromatic rings. The molecule has 4 heteroatoms. The van der Waals surface area contributed by atoms with Crippen molar-refractivity contribution < 1.29 is 4.74 Å². The molecule has 0 radical (unpaired) electrons. The van der Waals surface area contributed by atoms with E-state index >= 15 is 0 Å². The molecule has 4 nitrogen and oxygen atoms in total. The number of para-hydroxylation sites is 1. The molecule has 1 aliphatic rings. The molecule has 0 amide bonds. The molecular formula is C17H23N3O. The highest BCUT2D eigenvalue weighted by Crippen LogP contribution is 2.23. The van der Waals surface area contributed by atoms with E-state index in [1.54, 1.807) is 0 Å². The topological polar surface area (TPSA) is 39.1 Å². The van der Waals surface area contributed by atoms with Crippen molar-refractivity contribution in [3.05, 3.63) is 48.3 Å². The van der Waals surface area contributed by atoms with Crippen LogP contribution < -0.4 is 5.32 Å². The van der Waals surface area contributed by atoms with Gasteiger partial charge in [-0.3, -0.25) is 0 Å². The maximum absolute atomic E-state index is 5.70. The number of rotatable bonds is 6. The van der Waals surface area contributed by atoms with Gasteiger partial charge in [0.1, 0.15) is 0 Å². The van der Waals surface area contributed by atoms with Crippen LogP contribution >= 0.6 is 0 Å². The zero-order chi connectivity index (χ0) is 14.5. The van der Waals surface area contributed by atoms with Crippen molar-refractivity contribution in [2.75, 3.05) is 13.7 Å². The van der Waals surface area contributed by atoms with Crippen LogP contribution in [0.25, 0.3) is 5.69 Å². The van der Waals surface area contributed by atoms with Crippen molar-refractivity contribution in [1.82, 2.24) is 15.1 Å². The van der Waals surface area contributed by atoms with Crippen LogP contribution in [-0.4, -0.2) is 29.5 Å². The Morgan fingerprint density at radius 2 is 2.19 bits per heavy atom. The van der Waals surface area contributed by atoms with Crippen LogP contribution in [0.15, 0.2) is 42.6 Å². The van der Waals surface area contributed by atoms with E-state index in [1.807, 2.05) is 36.1 Å². The molecule has 2 atom stereocenters. The second-order valence-corrected chi connectivity index (χ2v) is 5.57. The summed E-state index contributed by atoms with van der Waals surface area (Å²) in [6.07, 6.45) is 7.04. The largest absolute Gasteiger partial charge is 0.378 e. The lowest BCUT2D eigenvalue weighted by molar-refractivity contribution is 0.0997. The van der Waals surface area contributed by atoms with Gasteiger partial charge in [-0.05, 0) is 50.9 Å². The van der Waals surface area contributed by atoms with Crippen LogP contribution in [0.4, 0.5) is 0 Å². The molecule has 1 aromatic carbocycles. The van der Waals surface area contributed by atoms with Crippen LogP contribution in [-0.2, 0) is 4.74 Å². The van der Waals surface area contributed by atoms with Crippen molar-refractivity contribution in [3.63, 3.8) is 0 Å². The van der Waals surface area contributed by atoms with Crippen LogP contribution in [0.5, 0.6) is 0 Å². The number of benzene rings is 1. The van der Waals surface area contributed by atoms with Gasteiger partial charge in [-0.2, -0.15) is 5.10 Å². The first kappa shape index (κ1) is 14.3. The summed E-state index contributed by atoms with van der Waals surface area (Å²) in [4.78, 5) is 0. The fraction of sp³-hybridized carbons (Fsp3) is 0.471. The molecular weight excluding hydrogens is 262 g/mol. The first-order valence-corrected chi connectivity index (χ1v) is 7.76. The third-order valence-electron chi connectivity index (χ3n) is 4.14. The van der Waals surface area contributed by atoms with Gasteiger partial charge in [0, 0.05) is 12.8 Å². The smallest absolute Gasteiger partial charge is 0.0798 e. The Morgan fingerprint density at radius 3 is 2.90 bits per heavy atom. The molecule has 21 heavy (non-hydrogen) atoms. The van der Waals surface area contributed by atoms with Gasteiger partial charge in [0.05, 0.1) is 23.5 Å². The van der Waals surface area contributed by atoms with Gasteiger partial charge >= 0.3 is 0 Å². The number of nitrogens with zero attached hydrogens (tertiary/aromatic N) is 2. The van der Waals surface area contributed by atoms with Gasteiger partial charge in [-0.25, -0.2) is 4.68 Å². The first-order valence-electron chi connectivity index (χ1n) is 7.76. The quantitative estimate of drug-likeness (QED) is 0.886. The Balaban J connectivity index is 1.65. The molecule has 1 aromatic heterocycles. The Hall–Kier alpha value is -1.65. The summed E-state index contributed by atoms with van der Waals surface area (Å²) in [6, 6.07) is 12.6. The molecule has 0 spiro atoms. The molecule has 112 valence electrons. The Labute approximate surface area is 126 Å². The maximum atomic E-state index is 5.70. The van der Waals surface area contributed by atoms with E-state index in [4.69, 9.17) is 9.84 Å². The number of aromatic nitrogens is 2. The Kier molecular flexibility index (Phi) is 4.68. The minimum absolute atomic E-state index is 0.291. The summed E-state index contributed by atoms with van der Waals surface area (Å²) in [6.45, 7) is 0.928. The molecule has 2 unspecified atom stereocenters. The molecule has 0 aliphatic carbocycles. The Bertz CT molecular complexity index is 546. The molecule has 1 fully saturated rings. The molecule has 3 rings (SSSR count). The second kappa shape index (κ2) is 6.87. The summed E-state index contributed by atoms with van der Waals surface area (Å²) in [5, 5.41) is 8.09. The first-order chi connectivity index (χ1) is 10.4. The minimum atomic E-state index is 0.291. The fourth-order valence-corrected chi connectivity index (χ4v) is 2.91. The normalized spacial score (nSPS) is 19.8. The lowest BCUT2D eigenvalue weighted by Gasteiger charge is -2.16. The summed E-state index contributed by atoms with van der Waals surface area (Å²) < 4.78 is 7.64. The molecule has 0 bridgehead atoms. The minimum Gasteiger partial charge on any atom is -0.378 e. The lowest BCUT2D eigenvalue weighted by Crippen LogP contribution is -2.19. The number of ether oxygens (including phenoxy) is 1. The lowest BCUT2D eigenvalue weighted by atomic mass is 10.0. The standard InChI is InChI=1S/C17H23N3O/c1-18-16(10-9-15-8-5-13-21-15)17-11-12-20(19-17)14-6-3-2-4-7-14/h2-4,6-7,11-12,15-16,18H,5,8-10,13H2,1H3. The molecule has 1 N–H and O–H groups in total. The van der Waals surface area contributed by atoms with Crippen molar-refractivity contribution in [1.29, 1.82) is 0 Å². The van der Waals surface area contributed by atoms with Gasteiger partial charge in [0.2, 0.25) is 0 Å². The van der Waals surface area contributed by atoms with Crippen LogP contribution in [0.3, 0.4) is 0 Å². The zero-order valence-electron chi connectivity index (χ0n) is 12.5. The molecule has 0 saturated carbocycles. The number of hydrogen-bond acceptors (Lipinski definition) is 3. The van der Waals surface area contributed by atoms with E-state index in [0.717, 1.165) is 30.8 Å². The SMILES string of the molecule is CNC(CCC1CCCO1)c1ccn(-c2ccccc2)n1. The Morgan fingerprint density at radius 1 is 1.33 bits per heavy atom. The highest BCUT2D eigenvalue weighted by Gasteiger charge is 2.19. The van der Waals surface area contributed by atoms with Crippen LogP contribution in [0.2, 0.25) is 0 Å². The van der Waals surface area contributed by atoms with E-state index < -0.39 is 0 Å². The average Bonchev–Trinajstić information content (AvgIpc) is 3.20. The van der Waals surface area contributed by atoms with Crippen molar-refractivity contribution in [2.45, 2.75) is 37.8 Å². The molecule has 1 saturated heterocycles. The van der Waals surface area contributed by atoms with E-state index in [9.17, 15) is 0 Å². The monoisotopic (exact) mass is 285 g/mol. The third-order valence-corrected chi connectivity index (χ3v) is 4.14. The summed E-state index contributed by atoms with van der Waals surface area (Å²) in [5.41, 5.74) is 2.19. The predicted octanol–water partition coefficient (Wildman–Crippen LogP) is 3.09. The highest BCUT2D eigenvalue weighted by molar-refractivity contribution is 5.30. The third kappa shape index (κ3) is 3.52. The fourth-order valence-electron chi connectivity index (χ4n) is 2.91. The van der Waals surface area contributed by atoms with Gasteiger partial charge in [0.15, 0.2) is 0 Å². The van der Waals surface area contributed by atoms with Gasteiger partial charge < -0.3 is 10.1 Å². The van der Waals surface area contributed by atoms with E-state index in [-0.39, 0.29) is 0 Å². The summed E-state index contributed by atoms with van der Waals surface area (Å²) in [5.74, 6) is 0. The van der Waals surface area contributed by atoms with Crippen molar-refractivity contribution in [2.24, 2.45) is 0 Å². The highest BCUT2D eigenvalue weighted by atomic mass is 16.5. The predicted molar refractivity (Wildman–Crippen MR) is 83.6 cm³/mol. The van der Waals surface area contributed by atoms with E-state index in [1.165, 1.54) is 12.8 Å². The number of hydrogen-bond donors (Lipinski definition) is 1. The number of nitrogens with one attached hydrogen (secondary N) is 1. The van der Waals surface area contributed by atoms with Gasteiger partial charge in [-0.1, -0.05) is 18.2 Å². The van der Waals surface area contributed by atoms with Crippen molar-refractivity contribution >= 4 is 0 Å². The van der Waals surface area contributed by atoms with Gasteiger partial charge in [-0.15, -0.1) is 0 Å². The van der Waals surface area contributed by atoms with Crippen molar-refractivity contribution in [3.8, 4) is 5.69 Å². The molecule has 1 aliphatic heterocycles. The van der Waals surface area contributed by atoms with E-state index in [0.29, 0.717) is 12.1 Å². The van der Waals surface area contributed by atoms with Crippen LogP contribution in [0, 0.1) is 0 Å². The second-order valence-electron chi connectivity index (χ2n) is 5.57. The molecule has 2 heterocycles. The maximum Gasteiger partial charge on any atom is 0.0798 e.